The van der Waals surface area contributed by atoms with Crippen LogP contribution in [0.25, 0.3) is 10.8 Å². The number of fused-ring (bicyclic) bond motifs is 1. The van der Waals surface area contributed by atoms with E-state index in [4.69, 9.17) is 4.74 Å². The first kappa shape index (κ1) is 18.8. The summed E-state index contributed by atoms with van der Waals surface area (Å²) in [6.07, 6.45) is 0. The summed E-state index contributed by atoms with van der Waals surface area (Å²) in [6, 6.07) is 12.2. The molecule has 9 nitrogen and oxygen atoms in total. The van der Waals surface area contributed by atoms with E-state index in [1.807, 2.05) is 0 Å². The fraction of sp³-hybridized carbons (Fsp3) is 0.105. The Morgan fingerprint density at radius 3 is 2.32 bits per heavy atom. The molecule has 142 valence electrons. The number of hydrogen-bond acceptors (Lipinski definition) is 6. The molecule has 0 radical (unpaired) electrons. The van der Waals surface area contributed by atoms with Crippen molar-refractivity contribution in [2.45, 2.75) is 6.54 Å². The fourth-order valence-corrected chi connectivity index (χ4v) is 2.62. The summed E-state index contributed by atoms with van der Waals surface area (Å²) in [5, 5.41) is 15.5. The van der Waals surface area contributed by atoms with Gasteiger partial charge in [0.1, 0.15) is 12.3 Å². The number of carboxylic acid groups (broad SMARTS) is 1. The van der Waals surface area contributed by atoms with Crippen LogP contribution in [0.2, 0.25) is 0 Å². The third-order valence-corrected chi connectivity index (χ3v) is 3.97. The molecule has 2 aromatic carbocycles. The normalized spacial score (nSPS) is 10.5. The van der Waals surface area contributed by atoms with E-state index in [0.29, 0.717) is 5.75 Å². The lowest BCUT2D eigenvalue weighted by Crippen LogP contribution is -2.37. The molecule has 0 saturated carbocycles. The number of aromatic carboxylic acids is 1. The van der Waals surface area contributed by atoms with E-state index in [9.17, 15) is 24.3 Å². The van der Waals surface area contributed by atoms with Gasteiger partial charge in [-0.1, -0.05) is 18.2 Å². The topological polar surface area (TPSA) is 128 Å². The van der Waals surface area contributed by atoms with Crippen LogP contribution >= 0.6 is 0 Å². The van der Waals surface area contributed by atoms with Crippen LogP contribution < -0.4 is 15.6 Å². The number of carboxylic acids is 1. The summed E-state index contributed by atoms with van der Waals surface area (Å²) in [4.78, 5) is 48.3. The smallest absolute Gasteiger partial charge is 0.357 e. The molecule has 9 heteroatoms. The molecule has 1 aromatic heterocycles. The Kier molecular flexibility index (Phi) is 5.16. The van der Waals surface area contributed by atoms with E-state index in [2.05, 4.69) is 10.4 Å². The van der Waals surface area contributed by atoms with E-state index in [0.717, 1.165) is 4.68 Å². The number of nitrogens with zero attached hydrogens (tertiary/aromatic N) is 2. The van der Waals surface area contributed by atoms with Crippen molar-refractivity contribution in [3.8, 4) is 5.75 Å². The number of amides is 2. The summed E-state index contributed by atoms with van der Waals surface area (Å²) in [6.45, 7) is -0.605. The maximum Gasteiger partial charge on any atom is 0.357 e. The third-order valence-electron chi connectivity index (χ3n) is 3.97. The molecule has 2 amide bonds. The number of ether oxygens (including phenoxy) is 1. The molecule has 3 rings (SSSR count). The Morgan fingerprint density at radius 1 is 1.07 bits per heavy atom. The van der Waals surface area contributed by atoms with Crippen molar-refractivity contribution < 1.29 is 24.2 Å². The van der Waals surface area contributed by atoms with Gasteiger partial charge in [-0.15, -0.1) is 0 Å². The lowest BCUT2D eigenvalue weighted by molar-refractivity contribution is -0.120. The summed E-state index contributed by atoms with van der Waals surface area (Å²) < 4.78 is 5.72. The average molecular weight is 381 g/mol. The van der Waals surface area contributed by atoms with E-state index in [1.165, 1.54) is 31.4 Å². The lowest BCUT2D eigenvalue weighted by Gasteiger charge is -2.09. The number of carbonyl (C=O) groups is 3. The van der Waals surface area contributed by atoms with Gasteiger partial charge in [0.05, 0.1) is 12.5 Å². The monoisotopic (exact) mass is 381 g/mol. The van der Waals surface area contributed by atoms with Crippen LogP contribution in [-0.4, -0.2) is 39.8 Å². The summed E-state index contributed by atoms with van der Waals surface area (Å²) in [5.74, 6) is -2.25. The van der Waals surface area contributed by atoms with E-state index >= 15 is 0 Å². The molecule has 0 aliphatic heterocycles. The Hall–Kier alpha value is -4.01. The maximum atomic E-state index is 12.5. The molecule has 3 aromatic rings. The van der Waals surface area contributed by atoms with Crippen LogP contribution in [0.1, 0.15) is 20.8 Å². The Balaban J connectivity index is 1.84. The SMILES string of the molecule is COc1ccc(C(=O)NC(=O)Cn2nc(C(=O)O)c3ccccc3c2=O)cc1. The van der Waals surface area contributed by atoms with Gasteiger partial charge >= 0.3 is 5.97 Å². The van der Waals surface area contributed by atoms with Crippen LogP contribution in [0.15, 0.2) is 53.3 Å². The highest BCUT2D eigenvalue weighted by molar-refractivity contribution is 6.05. The van der Waals surface area contributed by atoms with Crippen molar-refractivity contribution in [2.24, 2.45) is 0 Å². The summed E-state index contributed by atoms with van der Waals surface area (Å²) in [5.41, 5.74) is -0.767. The van der Waals surface area contributed by atoms with Gasteiger partial charge in [-0.05, 0) is 30.3 Å². The van der Waals surface area contributed by atoms with Crippen LogP contribution in [0.4, 0.5) is 0 Å². The predicted octanol–water partition coefficient (Wildman–Crippen LogP) is 1.06. The van der Waals surface area contributed by atoms with Crippen molar-refractivity contribution in [2.75, 3.05) is 7.11 Å². The number of rotatable bonds is 5. The van der Waals surface area contributed by atoms with E-state index < -0.39 is 29.9 Å². The van der Waals surface area contributed by atoms with Gasteiger partial charge in [-0.2, -0.15) is 5.10 Å². The van der Waals surface area contributed by atoms with Crippen molar-refractivity contribution in [3.05, 3.63) is 70.1 Å². The largest absolute Gasteiger partial charge is 0.497 e. The number of aromatic nitrogens is 2. The quantitative estimate of drug-likeness (QED) is 0.676. The number of benzene rings is 2. The van der Waals surface area contributed by atoms with E-state index in [-0.39, 0.29) is 22.0 Å². The predicted molar refractivity (Wildman–Crippen MR) is 98.4 cm³/mol. The number of nitrogens with one attached hydrogen (secondary N) is 1. The zero-order valence-electron chi connectivity index (χ0n) is 14.7. The summed E-state index contributed by atoms with van der Waals surface area (Å²) >= 11 is 0. The first-order chi connectivity index (χ1) is 13.4. The maximum absolute atomic E-state index is 12.5. The minimum absolute atomic E-state index is 0.115. The molecule has 28 heavy (non-hydrogen) atoms. The lowest BCUT2D eigenvalue weighted by atomic mass is 10.1. The molecule has 0 spiro atoms. The summed E-state index contributed by atoms with van der Waals surface area (Å²) in [7, 11) is 1.48. The number of carbonyl (C=O) groups excluding carboxylic acids is 2. The minimum atomic E-state index is -1.33. The Morgan fingerprint density at radius 2 is 1.71 bits per heavy atom. The van der Waals surface area contributed by atoms with Gasteiger partial charge in [0.15, 0.2) is 5.69 Å². The first-order valence-electron chi connectivity index (χ1n) is 8.12. The standard InChI is InChI=1S/C19H15N3O6/c1-28-12-8-6-11(7-9-12)17(24)20-15(23)10-22-18(25)14-5-3-2-4-13(14)16(21-22)19(26)27/h2-9H,10H2,1H3,(H,26,27)(H,20,23,24). The molecule has 1 heterocycles. The van der Waals surface area contributed by atoms with Crippen molar-refractivity contribution >= 4 is 28.6 Å². The molecule has 0 atom stereocenters. The number of imide groups is 1. The number of hydrogen-bond donors (Lipinski definition) is 2. The fourth-order valence-electron chi connectivity index (χ4n) is 2.62. The van der Waals surface area contributed by atoms with Gasteiger partial charge in [0.2, 0.25) is 5.91 Å². The molecule has 0 aliphatic rings. The zero-order valence-corrected chi connectivity index (χ0v) is 14.7. The van der Waals surface area contributed by atoms with Gasteiger partial charge in [0.25, 0.3) is 11.5 Å². The van der Waals surface area contributed by atoms with Gasteiger partial charge < -0.3 is 9.84 Å². The second kappa shape index (κ2) is 7.70. The van der Waals surface area contributed by atoms with Crippen LogP contribution in [0, 0.1) is 0 Å². The van der Waals surface area contributed by atoms with E-state index in [1.54, 1.807) is 24.3 Å². The van der Waals surface area contributed by atoms with Crippen molar-refractivity contribution in [3.63, 3.8) is 0 Å². The molecule has 0 aliphatic carbocycles. The van der Waals surface area contributed by atoms with Gasteiger partial charge in [-0.3, -0.25) is 19.7 Å². The molecule has 0 fully saturated rings. The zero-order chi connectivity index (χ0) is 20.3. The molecule has 0 bridgehead atoms. The van der Waals surface area contributed by atoms with Crippen molar-refractivity contribution in [1.29, 1.82) is 0 Å². The van der Waals surface area contributed by atoms with Crippen LogP contribution in [0.3, 0.4) is 0 Å². The number of methoxy groups -OCH3 is 1. The highest BCUT2D eigenvalue weighted by atomic mass is 16.5. The molecule has 0 saturated heterocycles. The second-order valence-electron chi connectivity index (χ2n) is 5.77. The Bertz CT molecular complexity index is 1130. The first-order valence-corrected chi connectivity index (χ1v) is 8.12. The third kappa shape index (κ3) is 3.73. The average Bonchev–Trinajstić information content (AvgIpc) is 2.70. The van der Waals surface area contributed by atoms with Crippen LogP contribution in [0.5, 0.6) is 5.75 Å². The molecule has 2 N–H and O–H groups in total. The van der Waals surface area contributed by atoms with Gasteiger partial charge in [0, 0.05) is 10.9 Å². The Labute approximate surface area is 158 Å². The molecule has 0 unspecified atom stereocenters. The molecular formula is C19H15N3O6. The molecular weight excluding hydrogens is 366 g/mol. The van der Waals surface area contributed by atoms with Gasteiger partial charge in [-0.25, -0.2) is 9.48 Å². The highest BCUT2D eigenvalue weighted by Gasteiger charge is 2.18. The van der Waals surface area contributed by atoms with Crippen LogP contribution in [-0.2, 0) is 11.3 Å². The second-order valence-corrected chi connectivity index (χ2v) is 5.77. The highest BCUT2D eigenvalue weighted by Crippen LogP contribution is 2.13. The minimum Gasteiger partial charge on any atom is -0.497 e. The van der Waals surface area contributed by atoms with Crippen molar-refractivity contribution in [1.82, 2.24) is 15.1 Å².